The summed E-state index contributed by atoms with van der Waals surface area (Å²) in [5.74, 6) is -1.02. The molecular formula is C97H63F2N5O4S2. The van der Waals surface area contributed by atoms with Crippen molar-refractivity contribution in [3.63, 3.8) is 0 Å². The van der Waals surface area contributed by atoms with E-state index in [9.17, 15) is 25.6 Å². The van der Waals surface area contributed by atoms with Crippen LogP contribution in [-0.4, -0.2) is 39.7 Å². The standard InChI is InChI=1S/C60H38N4O2S.C25H17N.C12H8F2O2S/c65-67(66,43-31-25-39(26-32-43)61-57-23-11-5-17-49(57)51-37-41(29-35-59(51)61)63-53-19-7-1-13-45(53)46-14-2-8-20-54(46)63)44-33-27-40(28-34-44)62-58-24-12-6-18-50(58)52-38-42(30-36-60(52)62)64-55-21-9-3-15-47(55)48-16-4-10-22-56(48)64;1-2-8-20-17(7-1)15-18-13-14-19(16-23(18)20)26-24-11-5-3-9-21(24)22-10-4-6-12-25(22)26;13-9-1-5-11(6-2-9)17(15,16)12-7-3-10(14)4-8-12/h1-38H;1-14,16H,15H2;1-8H. The molecule has 16 aromatic carbocycles. The Bertz CT molecular complexity index is 7050. The summed E-state index contributed by atoms with van der Waals surface area (Å²) < 4.78 is 89.6. The maximum atomic E-state index is 14.3. The fraction of sp³-hybridized carbons (Fsp3) is 0.0103. The molecule has 0 radical (unpaired) electrons. The molecule has 0 atom stereocenters. The second-order valence-electron chi connectivity index (χ2n) is 27.8. The van der Waals surface area contributed by atoms with Gasteiger partial charge in [0.15, 0.2) is 0 Å². The van der Waals surface area contributed by atoms with Crippen LogP contribution in [0.1, 0.15) is 11.1 Å². The molecule has 22 rings (SSSR count). The molecule has 9 nitrogen and oxygen atoms in total. The largest absolute Gasteiger partial charge is 0.309 e. The quantitative estimate of drug-likeness (QED) is 0.135. The normalized spacial score (nSPS) is 12.2. The van der Waals surface area contributed by atoms with E-state index >= 15 is 0 Å². The molecule has 1 aliphatic rings. The summed E-state index contributed by atoms with van der Waals surface area (Å²) in [6.07, 6.45) is 1.04. The first-order valence-electron chi connectivity index (χ1n) is 36.4. The van der Waals surface area contributed by atoms with Crippen molar-refractivity contribution in [2.45, 2.75) is 26.0 Å². The van der Waals surface area contributed by atoms with E-state index in [1.807, 2.05) is 24.3 Å². The number of halogens is 2. The van der Waals surface area contributed by atoms with Gasteiger partial charge in [0.2, 0.25) is 19.7 Å². The maximum absolute atomic E-state index is 14.3. The minimum atomic E-state index is -3.84. The lowest BCUT2D eigenvalue weighted by atomic mass is 10.1. The zero-order valence-corrected chi connectivity index (χ0v) is 60.5. The van der Waals surface area contributed by atoms with E-state index < -0.39 is 31.3 Å². The minimum absolute atomic E-state index is 0.0227. The smallest absolute Gasteiger partial charge is 0.206 e. The lowest BCUT2D eigenvalue weighted by Gasteiger charge is -2.12. The SMILES string of the molecule is O=S(=O)(c1ccc(-n2c3ccccc3c3cc(-n4c5ccccc5c5ccccc54)ccc32)cc1)c1ccc(-n2c3ccccc3c3cc(-n4c5ccccc5c5ccccc54)ccc32)cc1.O=S(=O)(c1ccc(F)cc1)c1ccc(F)cc1.c1ccc2c(c1)Cc1ccc(-n3c4ccccc4c4ccccc43)cc1-2. The van der Waals surface area contributed by atoms with Crippen molar-refractivity contribution >= 4 is 129 Å². The van der Waals surface area contributed by atoms with Gasteiger partial charge in [-0.15, -0.1) is 0 Å². The number of hydrogen-bond donors (Lipinski definition) is 0. The number of rotatable bonds is 9. The molecule has 0 amide bonds. The third kappa shape index (κ3) is 10.7. The Morgan fingerprint density at radius 2 is 0.427 bits per heavy atom. The fourth-order valence-electron chi connectivity index (χ4n) is 16.7. The molecule has 0 unspecified atom stereocenters. The van der Waals surface area contributed by atoms with Crippen LogP contribution in [0.5, 0.6) is 0 Å². The maximum Gasteiger partial charge on any atom is 0.206 e. The summed E-state index contributed by atoms with van der Waals surface area (Å²) in [6, 6.07) is 121. The van der Waals surface area contributed by atoms with Gasteiger partial charge in [-0.1, -0.05) is 176 Å². The van der Waals surface area contributed by atoms with E-state index in [2.05, 4.69) is 296 Å². The van der Waals surface area contributed by atoms with Gasteiger partial charge in [-0.05, 0) is 223 Å². The van der Waals surface area contributed by atoms with Gasteiger partial charge in [0.1, 0.15) is 11.6 Å². The number of fused-ring (bicyclic) bond motifs is 18. The van der Waals surface area contributed by atoms with Crippen LogP contribution in [0, 0.1) is 11.6 Å². The highest BCUT2D eigenvalue weighted by molar-refractivity contribution is 7.91. The number of benzene rings is 16. The highest BCUT2D eigenvalue weighted by Crippen LogP contribution is 2.43. The fourth-order valence-corrected chi connectivity index (χ4v) is 19.2. The Hall–Kier alpha value is -13.7. The topological polar surface area (TPSA) is 92.9 Å². The van der Waals surface area contributed by atoms with Crippen LogP contribution in [-0.2, 0) is 26.1 Å². The van der Waals surface area contributed by atoms with Crippen LogP contribution in [0.25, 0.3) is 149 Å². The molecule has 0 saturated heterocycles. The average molecular weight is 1460 g/mol. The van der Waals surface area contributed by atoms with Gasteiger partial charge < -0.3 is 22.8 Å². The highest BCUT2D eigenvalue weighted by atomic mass is 32.2. The van der Waals surface area contributed by atoms with Crippen LogP contribution in [0.15, 0.2) is 390 Å². The summed E-state index contributed by atoms with van der Waals surface area (Å²) in [4.78, 5) is 0.441. The summed E-state index contributed by atoms with van der Waals surface area (Å²) >= 11 is 0. The van der Waals surface area contributed by atoms with E-state index in [-0.39, 0.29) is 19.6 Å². The van der Waals surface area contributed by atoms with Crippen molar-refractivity contribution in [3.05, 3.63) is 393 Å². The van der Waals surface area contributed by atoms with E-state index in [0.717, 1.165) is 119 Å². The van der Waals surface area contributed by atoms with Gasteiger partial charge in [-0.25, -0.2) is 25.6 Å². The van der Waals surface area contributed by atoms with Crippen molar-refractivity contribution in [3.8, 4) is 39.6 Å². The first-order valence-corrected chi connectivity index (χ1v) is 39.3. The molecular weight excluding hydrogens is 1400 g/mol. The Morgan fingerprint density at radius 1 is 0.200 bits per heavy atom. The van der Waals surface area contributed by atoms with Crippen LogP contribution in [0.2, 0.25) is 0 Å². The first-order chi connectivity index (χ1) is 53.9. The number of nitrogens with zero attached hydrogens (tertiary/aromatic N) is 5. The molecule has 0 saturated carbocycles. The molecule has 110 heavy (non-hydrogen) atoms. The Kier molecular flexibility index (Phi) is 15.6. The second-order valence-corrected chi connectivity index (χ2v) is 31.7. The lowest BCUT2D eigenvalue weighted by molar-refractivity contribution is 0.592. The summed E-state index contributed by atoms with van der Waals surface area (Å²) in [6.45, 7) is 0. The Morgan fingerprint density at radius 3 is 0.755 bits per heavy atom. The minimum Gasteiger partial charge on any atom is -0.309 e. The molecule has 13 heteroatoms. The van der Waals surface area contributed by atoms with E-state index in [1.165, 1.54) is 95.6 Å². The molecule has 1 aliphatic carbocycles. The van der Waals surface area contributed by atoms with Crippen LogP contribution in [0.4, 0.5) is 8.78 Å². The zero-order chi connectivity index (χ0) is 73.9. The predicted octanol–water partition coefficient (Wildman–Crippen LogP) is 24.1. The van der Waals surface area contributed by atoms with Gasteiger partial charge in [-0.3, -0.25) is 0 Å². The third-order valence-electron chi connectivity index (χ3n) is 21.7. The van der Waals surface area contributed by atoms with Crippen molar-refractivity contribution in [1.82, 2.24) is 22.8 Å². The number of hydrogen-bond acceptors (Lipinski definition) is 4. The van der Waals surface area contributed by atoms with Gasteiger partial charge in [-0.2, -0.15) is 0 Å². The first kappa shape index (κ1) is 65.8. The van der Waals surface area contributed by atoms with Gasteiger partial charge >= 0.3 is 0 Å². The van der Waals surface area contributed by atoms with Crippen molar-refractivity contribution in [2.24, 2.45) is 0 Å². The van der Waals surface area contributed by atoms with Crippen molar-refractivity contribution in [2.75, 3.05) is 0 Å². The zero-order valence-electron chi connectivity index (χ0n) is 58.9. The average Bonchev–Trinajstić information content (AvgIpc) is 1.58. The molecule has 5 aromatic heterocycles. The molecule has 0 N–H and O–H groups in total. The van der Waals surface area contributed by atoms with Gasteiger partial charge in [0, 0.05) is 82.3 Å². The molecule has 21 aromatic rings. The van der Waals surface area contributed by atoms with Crippen LogP contribution >= 0.6 is 0 Å². The molecule has 526 valence electrons. The lowest BCUT2D eigenvalue weighted by Crippen LogP contribution is -2.03. The van der Waals surface area contributed by atoms with Gasteiger partial charge in [0.25, 0.3) is 0 Å². The van der Waals surface area contributed by atoms with Crippen LogP contribution in [0.3, 0.4) is 0 Å². The molecule has 5 heterocycles. The summed E-state index contributed by atoms with van der Waals surface area (Å²) in [7, 11) is -7.54. The van der Waals surface area contributed by atoms with E-state index in [1.54, 1.807) is 24.3 Å². The molecule has 0 spiro atoms. The van der Waals surface area contributed by atoms with Crippen molar-refractivity contribution in [1.29, 1.82) is 0 Å². The monoisotopic (exact) mass is 1460 g/mol. The second kappa shape index (κ2) is 26.1. The van der Waals surface area contributed by atoms with E-state index in [0.29, 0.717) is 0 Å². The van der Waals surface area contributed by atoms with Gasteiger partial charge in [0.05, 0.1) is 74.7 Å². The number of aromatic nitrogens is 5. The highest BCUT2D eigenvalue weighted by Gasteiger charge is 2.25. The molecule has 0 aliphatic heterocycles. The Balaban J connectivity index is 0.000000149. The Labute approximate surface area is 631 Å². The summed E-state index contributed by atoms with van der Waals surface area (Å²) in [5.41, 5.74) is 22.2. The van der Waals surface area contributed by atoms with Crippen molar-refractivity contribution < 1.29 is 25.6 Å². The van der Waals surface area contributed by atoms with E-state index in [4.69, 9.17) is 0 Å². The summed E-state index contributed by atoms with van der Waals surface area (Å²) in [5, 5.41) is 12.0. The number of sulfone groups is 2. The predicted molar refractivity (Wildman–Crippen MR) is 443 cm³/mol. The molecule has 0 bridgehead atoms. The van der Waals surface area contributed by atoms with Crippen LogP contribution < -0.4 is 0 Å². The molecule has 0 fully saturated rings. The third-order valence-corrected chi connectivity index (χ3v) is 25.2. The number of para-hydroxylation sites is 8.